The molecule has 0 aliphatic carbocycles. The van der Waals surface area contributed by atoms with Crippen LogP contribution in [0.5, 0.6) is 0 Å². The van der Waals surface area contributed by atoms with Crippen LogP contribution < -0.4 is 0 Å². The minimum atomic E-state index is -0.559. The first-order valence-corrected chi connectivity index (χ1v) is 8.40. The molecule has 0 spiro atoms. The number of hydrogen-bond donors (Lipinski definition) is 0. The van der Waals surface area contributed by atoms with Gasteiger partial charge in [0.1, 0.15) is 11.6 Å². The number of carbonyl (C=O) groups is 1. The summed E-state index contributed by atoms with van der Waals surface area (Å²) in [6.45, 7) is 0.0277. The first-order valence-electron chi connectivity index (χ1n) is 7.15. The first kappa shape index (κ1) is 17.1. The van der Waals surface area contributed by atoms with Gasteiger partial charge in [-0.1, -0.05) is 23.7 Å². The van der Waals surface area contributed by atoms with Crippen LogP contribution in [0.3, 0.4) is 0 Å². The normalized spacial score (nSPS) is 10.4. The van der Waals surface area contributed by atoms with Gasteiger partial charge in [-0.25, -0.2) is 9.78 Å². The highest BCUT2D eigenvalue weighted by Crippen LogP contribution is 2.25. The summed E-state index contributed by atoms with van der Waals surface area (Å²) in [5.41, 5.74) is 1.73. The maximum absolute atomic E-state index is 12.0. The van der Waals surface area contributed by atoms with Crippen molar-refractivity contribution < 1.29 is 14.5 Å². The molecule has 6 nitrogen and oxygen atoms in total. The molecule has 126 valence electrons. The smallest absolute Gasteiger partial charge is 0.338 e. The van der Waals surface area contributed by atoms with E-state index in [9.17, 15) is 14.9 Å². The number of nitrogens with zero attached hydrogens (tertiary/aromatic N) is 2. The Morgan fingerprint density at radius 3 is 2.48 bits per heavy atom. The minimum Gasteiger partial charge on any atom is -0.456 e. The molecule has 0 amide bonds. The lowest BCUT2D eigenvalue weighted by atomic mass is 10.2. The van der Waals surface area contributed by atoms with E-state index in [-0.39, 0.29) is 17.9 Å². The van der Waals surface area contributed by atoms with Gasteiger partial charge in [-0.2, -0.15) is 0 Å². The minimum absolute atomic E-state index is 0.0277. The van der Waals surface area contributed by atoms with Gasteiger partial charge in [0.15, 0.2) is 0 Å². The van der Waals surface area contributed by atoms with Crippen LogP contribution in [0.25, 0.3) is 10.6 Å². The summed E-state index contributed by atoms with van der Waals surface area (Å²) in [6.07, 6.45) is 0. The van der Waals surface area contributed by atoms with E-state index >= 15 is 0 Å². The van der Waals surface area contributed by atoms with Crippen molar-refractivity contribution in [3.8, 4) is 10.6 Å². The van der Waals surface area contributed by atoms with Gasteiger partial charge >= 0.3 is 5.97 Å². The third kappa shape index (κ3) is 4.20. The molecular weight excluding hydrogens is 364 g/mol. The van der Waals surface area contributed by atoms with E-state index in [0.29, 0.717) is 10.7 Å². The first-order chi connectivity index (χ1) is 12.0. The molecule has 2 aromatic carbocycles. The molecule has 0 fully saturated rings. The number of nitro groups is 1. The third-order valence-corrected chi connectivity index (χ3v) is 4.50. The Morgan fingerprint density at radius 1 is 1.16 bits per heavy atom. The molecule has 0 unspecified atom stereocenters. The fourth-order valence-corrected chi connectivity index (χ4v) is 2.98. The molecule has 1 aromatic heterocycles. The fraction of sp³-hybridized carbons (Fsp3) is 0.0588. The molecular formula is C17H11ClN2O4S. The Bertz CT molecular complexity index is 907. The Balaban J connectivity index is 1.62. The molecule has 0 saturated carbocycles. The van der Waals surface area contributed by atoms with Gasteiger partial charge in [-0.15, -0.1) is 11.3 Å². The number of esters is 1. The lowest BCUT2D eigenvalue weighted by Crippen LogP contribution is -2.05. The molecule has 0 bridgehead atoms. The Kier molecular flexibility index (Phi) is 5.06. The van der Waals surface area contributed by atoms with Gasteiger partial charge in [-0.3, -0.25) is 10.1 Å². The van der Waals surface area contributed by atoms with Gasteiger partial charge in [0, 0.05) is 28.1 Å². The largest absolute Gasteiger partial charge is 0.456 e. The van der Waals surface area contributed by atoms with E-state index in [1.54, 1.807) is 12.1 Å². The number of thiazole rings is 1. The fourth-order valence-electron chi connectivity index (χ4n) is 2.04. The molecule has 0 atom stereocenters. The summed E-state index contributed by atoms with van der Waals surface area (Å²) < 4.78 is 5.20. The predicted octanol–water partition coefficient (Wildman–Crippen LogP) is 4.73. The van der Waals surface area contributed by atoms with Crippen molar-refractivity contribution in [1.82, 2.24) is 4.98 Å². The average molecular weight is 375 g/mol. The van der Waals surface area contributed by atoms with Crippen LogP contribution in [-0.2, 0) is 11.3 Å². The zero-order valence-corrected chi connectivity index (χ0v) is 14.3. The molecule has 0 radical (unpaired) electrons. The van der Waals surface area contributed by atoms with E-state index in [1.807, 2.05) is 17.5 Å². The summed E-state index contributed by atoms with van der Waals surface area (Å²) >= 11 is 7.30. The van der Waals surface area contributed by atoms with Crippen LogP contribution in [-0.4, -0.2) is 15.9 Å². The van der Waals surface area contributed by atoms with Gasteiger partial charge in [0.25, 0.3) is 5.69 Å². The second kappa shape index (κ2) is 7.42. The van der Waals surface area contributed by atoms with Crippen LogP contribution in [0.1, 0.15) is 16.1 Å². The summed E-state index contributed by atoms with van der Waals surface area (Å²) in [6, 6.07) is 12.6. The van der Waals surface area contributed by atoms with Crippen molar-refractivity contribution in [2.24, 2.45) is 0 Å². The highest BCUT2D eigenvalue weighted by molar-refractivity contribution is 7.13. The van der Waals surface area contributed by atoms with Crippen LogP contribution >= 0.6 is 22.9 Å². The number of aromatic nitrogens is 1. The molecule has 0 N–H and O–H groups in total. The van der Waals surface area contributed by atoms with Crippen LogP contribution in [0.15, 0.2) is 53.9 Å². The average Bonchev–Trinajstić information content (AvgIpc) is 3.09. The molecule has 1 heterocycles. The van der Waals surface area contributed by atoms with Gasteiger partial charge in [0.2, 0.25) is 0 Å². The summed E-state index contributed by atoms with van der Waals surface area (Å²) in [4.78, 5) is 26.5. The number of benzene rings is 2. The van der Waals surface area contributed by atoms with E-state index in [0.717, 1.165) is 10.6 Å². The standard InChI is InChI=1S/C17H11ClN2O4S/c18-13-5-1-11(2-6-13)16-19-14(10-25-16)9-24-17(21)12-3-7-15(8-4-12)20(22)23/h1-8,10H,9H2. The van der Waals surface area contributed by atoms with E-state index in [4.69, 9.17) is 16.3 Å². The maximum Gasteiger partial charge on any atom is 0.338 e. The van der Waals surface area contributed by atoms with E-state index in [1.165, 1.54) is 35.6 Å². The molecule has 25 heavy (non-hydrogen) atoms. The molecule has 3 rings (SSSR count). The van der Waals surface area contributed by atoms with Crippen molar-refractivity contribution in [2.75, 3.05) is 0 Å². The van der Waals surface area contributed by atoms with E-state index in [2.05, 4.69) is 4.98 Å². The number of halogens is 1. The molecule has 0 aliphatic rings. The topological polar surface area (TPSA) is 82.3 Å². The number of carbonyl (C=O) groups excluding carboxylic acids is 1. The number of non-ortho nitro benzene ring substituents is 1. The number of rotatable bonds is 5. The van der Waals surface area contributed by atoms with Gasteiger partial charge < -0.3 is 4.74 Å². The van der Waals surface area contributed by atoms with Crippen molar-refractivity contribution in [2.45, 2.75) is 6.61 Å². The number of hydrogen-bond acceptors (Lipinski definition) is 6. The zero-order valence-electron chi connectivity index (χ0n) is 12.7. The Morgan fingerprint density at radius 2 is 1.84 bits per heavy atom. The monoisotopic (exact) mass is 374 g/mol. The lowest BCUT2D eigenvalue weighted by molar-refractivity contribution is -0.384. The SMILES string of the molecule is O=C(OCc1csc(-c2ccc(Cl)cc2)n1)c1ccc([N+](=O)[O-])cc1. The summed E-state index contributed by atoms with van der Waals surface area (Å²) in [5.74, 6) is -0.559. The summed E-state index contributed by atoms with van der Waals surface area (Å²) in [5, 5.41) is 13.9. The Hall–Kier alpha value is -2.77. The Labute approximate surface area is 151 Å². The second-order valence-corrected chi connectivity index (χ2v) is 6.33. The third-order valence-electron chi connectivity index (χ3n) is 3.31. The van der Waals surface area contributed by atoms with Crippen LogP contribution in [0, 0.1) is 10.1 Å². The summed E-state index contributed by atoms with van der Waals surface area (Å²) in [7, 11) is 0. The zero-order chi connectivity index (χ0) is 17.8. The van der Waals surface area contributed by atoms with Gasteiger partial charge in [0.05, 0.1) is 16.2 Å². The number of nitro benzene ring substituents is 1. The predicted molar refractivity (Wildman–Crippen MR) is 94.8 cm³/mol. The van der Waals surface area contributed by atoms with Crippen molar-refractivity contribution in [3.05, 3.63) is 80.3 Å². The quantitative estimate of drug-likeness (QED) is 0.366. The second-order valence-electron chi connectivity index (χ2n) is 5.03. The number of ether oxygens (including phenoxy) is 1. The molecule has 0 saturated heterocycles. The van der Waals surface area contributed by atoms with Crippen LogP contribution in [0.2, 0.25) is 5.02 Å². The highest BCUT2D eigenvalue weighted by Gasteiger charge is 2.12. The van der Waals surface area contributed by atoms with E-state index < -0.39 is 10.9 Å². The molecule has 0 aliphatic heterocycles. The highest BCUT2D eigenvalue weighted by atomic mass is 35.5. The van der Waals surface area contributed by atoms with Gasteiger partial charge in [-0.05, 0) is 24.3 Å². The molecule has 3 aromatic rings. The van der Waals surface area contributed by atoms with Crippen molar-refractivity contribution >= 4 is 34.6 Å². The maximum atomic E-state index is 12.0. The lowest BCUT2D eigenvalue weighted by Gasteiger charge is -2.02. The van der Waals surface area contributed by atoms with Crippen molar-refractivity contribution in [1.29, 1.82) is 0 Å². The van der Waals surface area contributed by atoms with Crippen LogP contribution in [0.4, 0.5) is 5.69 Å². The van der Waals surface area contributed by atoms with Crippen molar-refractivity contribution in [3.63, 3.8) is 0 Å². The molecule has 8 heteroatoms.